The molecule has 66 valence electrons. The van der Waals surface area contributed by atoms with Crippen LogP contribution in [0.4, 0.5) is 0 Å². The molecule has 2 N–H and O–H groups in total. The number of halogens is 2. The Morgan fingerprint density at radius 1 is 1.42 bits per heavy atom. The van der Waals surface area contributed by atoms with Crippen LogP contribution in [0.2, 0.25) is 5.02 Å². The predicted octanol–water partition coefficient (Wildman–Crippen LogP) is 2.10. The second-order valence-electron chi connectivity index (χ2n) is 3.05. The molecule has 2 nitrogen and oxygen atoms in total. The Kier molecular flexibility index (Phi) is 2.61. The van der Waals surface area contributed by atoms with E-state index >= 15 is 0 Å². The zero-order chi connectivity index (χ0) is 7.90. The Balaban J connectivity index is 0.000000720. The van der Waals surface area contributed by atoms with Gasteiger partial charge in [0.15, 0.2) is 0 Å². The van der Waals surface area contributed by atoms with Crippen LogP contribution in [0.15, 0.2) is 18.5 Å². The van der Waals surface area contributed by atoms with E-state index in [0.29, 0.717) is 5.02 Å². The molecule has 1 heterocycles. The van der Waals surface area contributed by atoms with Gasteiger partial charge in [-0.05, 0) is 24.5 Å². The zero-order valence-corrected chi connectivity index (χ0v) is 8.03. The third-order valence-corrected chi connectivity index (χ3v) is 2.28. The van der Waals surface area contributed by atoms with E-state index in [-0.39, 0.29) is 17.9 Å². The molecule has 4 heteroatoms. The first kappa shape index (κ1) is 9.78. The van der Waals surface area contributed by atoms with E-state index in [1.54, 1.807) is 12.4 Å². The first-order valence-electron chi connectivity index (χ1n) is 3.61. The monoisotopic (exact) mass is 204 g/mol. The van der Waals surface area contributed by atoms with Crippen LogP contribution in [0.3, 0.4) is 0 Å². The standard InChI is InChI=1S/C8H9ClN2.ClH/c9-7-3-6(4-11-5-7)8(10)1-2-8;/h3-5H,1-2,10H2;1H. The third-order valence-electron chi connectivity index (χ3n) is 2.07. The molecule has 1 fully saturated rings. The quantitative estimate of drug-likeness (QED) is 0.762. The van der Waals surface area contributed by atoms with Crippen LogP contribution in [0.1, 0.15) is 18.4 Å². The van der Waals surface area contributed by atoms with Crippen molar-refractivity contribution >= 4 is 24.0 Å². The molecule has 1 aliphatic carbocycles. The molecule has 1 aromatic rings. The second-order valence-corrected chi connectivity index (χ2v) is 3.48. The zero-order valence-electron chi connectivity index (χ0n) is 6.46. The summed E-state index contributed by atoms with van der Waals surface area (Å²) >= 11 is 5.76. The minimum Gasteiger partial charge on any atom is -0.321 e. The molecule has 0 radical (unpaired) electrons. The molecule has 0 aromatic carbocycles. The maximum Gasteiger partial charge on any atom is 0.0592 e. The number of hydrogen-bond acceptors (Lipinski definition) is 2. The second kappa shape index (κ2) is 3.21. The molecule has 0 atom stereocenters. The van der Waals surface area contributed by atoms with Crippen molar-refractivity contribution in [2.24, 2.45) is 5.73 Å². The fraction of sp³-hybridized carbons (Fsp3) is 0.375. The Hall–Kier alpha value is -0.310. The van der Waals surface area contributed by atoms with Crippen LogP contribution < -0.4 is 5.73 Å². The topological polar surface area (TPSA) is 38.9 Å². The van der Waals surface area contributed by atoms with E-state index in [1.165, 1.54) is 0 Å². The van der Waals surface area contributed by atoms with Crippen molar-refractivity contribution in [1.29, 1.82) is 0 Å². The number of rotatable bonds is 1. The Morgan fingerprint density at radius 3 is 2.58 bits per heavy atom. The van der Waals surface area contributed by atoms with Crippen molar-refractivity contribution in [3.63, 3.8) is 0 Å². The van der Waals surface area contributed by atoms with Crippen molar-refractivity contribution in [2.45, 2.75) is 18.4 Å². The van der Waals surface area contributed by atoms with Crippen LogP contribution in [-0.2, 0) is 5.54 Å². The first-order valence-corrected chi connectivity index (χ1v) is 3.98. The van der Waals surface area contributed by atoms with E-state index in [4.69, 9.17) is 17.3 Å². The van der Waals surface area contributed by atoms with Gasteiger partial charge in [0.05, 0.1) is 5.02 Å². The SMILES string of the molecule is Cl.NC1(c2cncc(Cl)c2)CC1. The average Bonchev–Trinajstić information content (AvgIpc) is 2.70. The molecule has 1 saturated carbocycles. The maximum atomic E-state index is 5.94. The highest BCUT2D eigenvalue weighted by Gasteiger charge is 2.40. The Labute approximate surface area is 82.5 Å². The van der Waals surface area contributed by atoms with Gasteiger partial charge in [-0.3, -0.25) is 4.98 Å². The van der Waals surface area contributed by atoms with Crippen LogP contribution in [0.25, 0.3) is 0 Å². The van der Waals surface area contributed by atoms with Crippen LogP contribution in [-0.4, -0.2) is 4.98 Å². The average molecular weight is 205 g/mol. The highest BCUT2D eigenvalue weighted by molar-refractivity contribution is 6.30. The van der Waals surface area contributed by atoms with Gasteiger partial charge in [0.25, 0.3) is 0 Å². The van der Waals surface area contributed by atoms with Gasteiger partial charge in [-0.25, -0.2) is 0 Å². The third kappa shape index (κ3) is 1.71. The van der Waals surface area contributed by atoms with Gasteiger partial charge < -0.3 is 5.73 Å². The normalized spacial score (nSPS) is 18.2. The molecule has 0 aliphatic heterocycles. The molecule has 0 spiro atoms. The van der Waals surface area contributed by atoms with Crippen molar-refractivity contribution in [3.05, 3.63) is 29.0 Å². The van der Waals surface area contributed by atoms with Gasteiger partial charge >= 0.3 is 0 Å². The van der Waals surface area contributed by atoms with Crippen LogP contribution in [0, 0.1) is 0 Å². The molecular formula is C8H10Cl2N2. The van der Waals surface area contributed by atoms with E-state index in [0.717, 1.165) is 18.4 Å². The Bertz CT molecular complexity index is 284. The van der Waals surface area contributed by atoms with Crippen molar-refractivity contribution < 1.29 is 0 Å². The summed E-state index contributed by atoms with van der Waals surface area (Å²) in [5.41, 5.74) is 6.89. The minimum atomic E-state index is -0.113. The molecule has 0 saturated heterocycles. The largest absolute Gasteiger partial charge is 0.321 e. The lowest BCUT2D eigenvalue weighted by molar-refractivity contribution is 0.735. The highest BCUT2D eigenvalue weighted by Crippen LogP contribution is 2.42. The molecule has 0 bridgehead atoms. The van der Waals surface area contributed by atoms with Crippen molar-refractivity contribution in [3.8, 4) is 0 Å². The molecule has 0 unspecified atom stereocenters. The highest BCUT2D eigenvalue weighted by atomic mass is 35.5. The van der Waals surface area contributed by atoms with E-state index in [1.807, 2.05) is 6.07 Å². The lowest BCUT2D eigenvalue weighted by atomic mass is 10.1. The minimum absolute atomic E-state index is 0. The fourth-order valence-corrected chi connectivity index (χ4v) is 1.28. The van der Waals surface area contributed by atoms with Gasteiger partial charge in [0, 0.05) is 17.9 Å². The Morgan fingerprint density at radius 2 is 2.08 bits per heavy atom. The number of nitrogens with zero attached hydrogens (tertiary/aromatic N) is 1. The summed E-state index contributed by atoms with van der Waals surface area (Å²) in [6.45, 7) is 0. The van der Waals surface area contributed by atoms with E-state index < -0.39 is 0 Å². The van der Waals surface area contributed by atoms with Crippen LogP contribution >= 0.6 is 24.0 Å². The van der Waals surface area contributed by atoms with Crippen LogP contribution in [0.5, 0.6) is 0 Å². The summed E-state index contributed by atoms with van der Waals surface area (Å²) in [6.07, 6.45) is 5.51. The predicted molar refractivity (Wildman–Crippen MR) is 51.6 cm³/mol. The lowest BCUT2D eigenvalue weighted by Crippen LogP contribution is -2.18. The molecule has 1 aliphatic rings. The summed E-state index contributed by atoms with van der Waals surface area (Å²) in [7, 11) is 0. The fourth-order valence-electron chi connectivity index (χ4n) is 1.11. The van der Waals surface area contributed by atoms with Gasteiger partial charge in [-0.15, -0.1) is 12.4 Å². The summed E-state index contributed by atoms with van der Waals surface area (Å²) < 4.78 is 0. The number of hydrogen-bond donors (Lipinski definition) is 1. The molecule has 12 heavy (non-hydrogen) atoms. The molecule has 1 aromatic heterocycles. The number of nitrogens with two attached hydrogens (primary N) is 1. The maximum absolute atomic E-state index is 5.94. The van der Waals surface area contributed by atoms with Gasteiger partial charge in [0.1, 0.15) is 0 Å². The van der Waals surface area contributed by atoms with Crippen molar-refractivity contribution in [2.75, 3.05) is 0 Å². The lowest BCUT2D eigenvalue weighted by Gasteiger charge is -2.07. The van der Waals surface area contributed by atoms with Gasteiger partial charge in [-0.2, -0.15) is 0 Å². The first-order chi connectivity index (χ1) is 5.21. The smallest absolute Gasteiger partial charge is 0.0592 e. The number of aromatic nitrogens is 1. The summed E-state index contributed by atoms with van der Waals surface area (Å²) in [6, 6.07) is 1.89. The molecule has 0 amide bonds. The number of pyridine rings is 1. The van der Waals surface area contributed by atoms with Gasteiger partial charge in [-0.1, -0.05) is 11.6 Å². The van der Waals surface area contributed by atoms with Gasteiger partial charge in [0.2, 0.25) is 0 Å². The van der Waals surface area contributed by atoms with E-state index in [9.17, 15) is 0 Å². The van der Waals surface area contributed by atoms with E-state index in [2.05, 4.69) is 4.98 Å². The molecule has 2 rings (SSSR count). The summed E-state index contributed by atoms with van der Waals surface area (Å²) in [4.78, 5) is 3.98. The summed E-state index contributed by atoms with van der Waals surface area (Å²) in [5, 5.41) is 0.666. The van der Waals surface area contributed by atoms with Crippen molar-refractivity contribution in [1.82, 2.24) is 4.98 Å². The molecular weight excluding hydrogens is 195 g/mol. The summed E-state index contributed by atoms with van der Waals surface area (Å²) in [5.74, 6) is 0.